The van der Waals surface area contributed by atoms with Gasteiger partial charge in [-0.25, -0.2) is 17.2 Å². The zero-order valence-corrected chi connectivity index (χ0v) is 16.9. The number of hydrogen-bond donors (Lipinski definition) is 1. The van der Waals surface area contributed by atoms with Crippen molar-refractivity contribution in [1.82, 2.24) is 4.31 Å². The molecule has 0 saturated carbocycles. The van der Waals surface area contributed by atoms with Gasteiger partial charge in [-0.3, -0.25) is 4.79 Å². The molecule has 1 aliphatic rings. The van der Waals surface area contributed by atoms with E-state index in [0.29, 0.717) is 12.6 Å². The van der Waals surface area contributed by atoms with Gasteiger partial charge < -0.3 is 10.1 Å². The lowest BCUT2D eigenvalue weighted by Crippen LogP contribution is -2.42. The second-order valence-corrected chi connectivity index (χ2v) is 8.76. The van der Waals surface area contributed by atoms with Gasteiger partial charge in [0.1, 0.15) is 22.3 Å². The maximum atomic E-state index is 13.8. The highest BCUT2D eigenvalue weighted by molar-refractivity contribution is 7.89. The average molecular weight is 424 g/mol. The van der Waals surface area contributed by atoms with Gasteiger partial charge in [-0.2, -0.15) is 4.31 Å². The fraction of sp³-hybridized carbons (Fsp3) is 0.350. The van der Waals surface area contributed by atoms with Crippen molar-refractivity contribution in [1.29, 1.82) is 0 Å². The van der Waals surface area contributed by atoms with Crippen molar-refractivity contribution >= 4 is 21.6 Å². The Morgan fingerprint density at radius 3 is 2.59 bits per heavy atom. The van der Waals surface area contributed by atoms with Crippen molar-refractivity contribution in [2.24, 2.45) is 0 Å². The van der Waals surface area contributed by atoms with Crippen molar-refractivity contribution < 1.29 is 26.7 Å². The van der Waals surface area contributed by atoms with Crippen molar-refractivity contribution in [2.45, 2.75) is 37.1 Å². The lowest BCUT2D eigenvalue weighted by atomic mass is 10.1. The van der Waals surface area contributed by atoms with Crippen LogP contribution in [0.1, 0.15) is 36.5 Å². The van der Waals surface area contributed by atoms with Crippen LogP contribution in [0, 0.1) is 11.6 Å². The zero-order valence-electron chi connectivity index (χ0n) is 16.1. The van der Waals surface area contributed by atoms with E-state index < -0.39 is 27.6 Å². The van der Waals surface area contributed by atoms with Crippen molar-refractivity contribution in [2.75, 3.05) is 19.0 Å². The molecule has 6 nitrogen and oxygen atoms in total. The first-order valence-corrected chi connectivity index (χ1v) is 10.6. The average Bonchev–Trinajstić information content (AvgIpc) is 2.69. The van der Waals surface area contributed by atoms with Crippen LogP contribution >= 0.6 is 0 Å². The molecule has 2 aromatic rings. The molecular formula is C20H22F2N2O4S. The number of carbonyl (C=O) groups excluding carboxylic acids is 1. The molecule has 1 fully saturated rings. The van der Waals surface area contributed by atoms with Crippen LogP contribution in [0.3, 0.4) is 0 Å². The largest absolute Gasteiger partial charge is 0.495 e. The number of piperidine rings is 1. The Balaban J connectivity index is 1.95. The van der Waals surface area contributed by atoms with E-state index >= 15 is 0 Å². The molecular weight excluding hydrogens is 402 g/mol. The molecule has 0 aromatic heterocycles. The summed E-state index contributed by atoms with van der Waals surface area (Å²) >= 11 is 0. The topological polar surface area (TPSA) is 75.7 Å². The van der Waals surface area contributed by atoms with Crippen LogP contribution < -0.4 is 10.1 Å². The Morgan fingerprint density at radius 1 is 1.17 bits per heavy atom. The summed E-state index contributed by atoms with van der Waals surface area (Å²) in [6.07, 6.45) is 2.47. The number of sulfonamides is 1. The van der Waals surface area contributed by atoms with E-state index in [9.17, 15) is 22.0 Å². The molecule has 0 aliphatic carbocycles. The Hall–Kier alpha value is -2.52. The van der Waals surface area contributed by atoms with Gasteiger partial charge in [-0.1, -0.05) is 6.42 Å². The number of carbonyl (C=O) groups is 1. The van der Waals surface area contributed by atoms with Gasteiger partial charge in [-0.05, 0) is 50.1 Å². The molecule has 3 rings (SSSR count). The maximum Gasteiger partial charge on any atom is 0.255 e. The molecule has 156 valence electrons. The van der Waals surface area contributed by atoms with E-state index in [1.165, 1.54) is 29.6 Å². The normalized spacial score (nSPS) is 17.7. The summed E-state index contributed by atoms with van der Waals surface area (Å²) in [4.78, 5) is 12.4. The number of halogens is 2. The number of nitrogens with one attached hydrogen (secondary N) is 1. The highest BCUT2D eigenvalue weighted by atomic mass is 32.2. The van der Waals surface area contributed by atoms with Crippen LogP contribution in [-0.4, -0.2) is 38.3 Å². The van der Waals surface area contributed by atoms with Crippen molar-refractivity contribution in [3.63, 3.8) is 0 Å². The number of benzene rings is 2. The van der Waals surface area contributed by atoms with Gasteiger partial charge in [0.05, 0.1) is 12.8 Å². The van der Waals surface area contributed by atoms with Gasteiger partial charge in [0.25, 0.3) is 5.91 Å². The molecule has 0 radical (unpaired) electrons. The van der Waals surface area contributed by atoms with Gasteiger partial charge in [-0.15, -0.1) is 0 Å². The molecule has 0 spiro atoms. The summed E-state index contributed by atoms with van der Waals surface area (Å²) in [5.41, 5.74) is -0.195. The fourth-order valence-electron chi connectivity index (χ4n) is 3.36. The first-order valence-electron chi connectivity index (χ1n) is 9.20. The quantitative estimate of drug-likeness (QED) is 0.793. The molecule has 2 aromatic carbocycles. The number of ether oxygens (including phenoxy) is 1. The minimum Gasteiger partial charge on any atom is -0.495 e. The third-order valence-electron chi connectivity index (χ3n) is 4.93. The van der Waals surface area contributed by atoms with Gasteiger partial charge in [0.2, 0.25) is 10.0 Å². The highest BCUT2D eigenvalue weighted by Gasteiger charge is 2.33. The van der Waals surface area contributed by atoms with Gasteiger partial charge in [0.15, 0.2) is 0 Å². The number of hydrogen-bond acceptors (Lipinski definition) is 4. The number of methoxy groups -OCH3 is 1. The second-order valence-electron chi connectivity index (χ2n) is 6.90. The number of amides is 1. The van der Waals surface area contributed by atoms with E-state index in [2.05, 4.69) is 5.32 Å². The zero-order chi connectivity index (χ0) is 21.2. The van der Waals surface area contributed by atoms with E-state index in [4.69, 9.17) is 4.74 Å². The van der Waals surface area contributed by atoms with Crippen LogP contribution in [-0.2, 0) is 10.0 Å². The van der Waals surface area contributed by atoms with Crippen LogP contribution in [0.5, 0.6) is 5.75 Å². The van der Waals surface area contributed by atoms with Crippen LogP contribution in [0.25, 0.3) is 0 Å². The van der Waals surface area contributed by atoms with Crippen molar-refractivity contribution in [3.8, 4) is 5.75 Å². The molecule has 1 amide bonds. The predicted molar refractivity (Wildman–Crippen MR) is 105 cm³/mol. The SMILES string of the molecule is COc1ccc(C(=O)Nc2ccc(F)cc2F)cc1S(=O)(=O)N1CCCCC1C. The third-order valence-corrected chi connectivity index (χ3v) is 6.97. The first-order chi connectivity index (χ1) is 13.7. The predicted octanol–water partition coefficient (Wildman–Crippen LogP) is 3.79. The lowest BCUT2D eigenvalue weighted by Gasteiger charge is -2.32. The van der Waals surface area contributed by atoms with E-state index in [1.807, 2.05) is 6.92 Å². The van der Waals surface area contributed by atoms with Crippen LogP contribution in [0.4, 0.5) is 14.5 Å². The standard InChI is InChI=1S/C20H22F2N2O4S/c1-13-5-3-4-10-24(13)29(26,27)19-11-14(6-9-18(19)28-2)20(25)23-17-8-7-15(21)12-16(17)22/h6-9,11-13H,3-5,10H2,1-2H3,(H,23,25). The monoisotopic (exact) mass is 424 g/mol. The number of anilines is 1. The van der Waals surface area contributed by atoms with Crippen LogP contribution in [0.15, 0.2) is 41.3 Å². The highest BCUT2D eigenvalue weighted by Crippen LogP contribution is 2.32. The molecule has 0 bridgehead atoms. The fourth-order valence-corrected chi connectivity index (χ4v) is 5.24. The first kappa shape index (κ1) is 21.2. The summed E-state index contributed by atoms with van der Waals surface area (Å²) in [5, 5.41) is 2.33. The molecule has 1 N–H and O–H groups in total. The summed E-state index contributed by atoms with van der Waals surface area (Å²) in [6.45, 7) is 2.24. The Morgan fingerprint density at radius 2 is 1.93 bits per heavy atom. The number of nitrogens with zero attached hydrogens (tertiary/aromatic N) is 1. The van der Waals surface area contributed by atoms with Crippen LogP contribution in [0.2, 0.25) is 0 Å². The smallest absolute Gasteiger partial charge is 0.255 e. The summed E-state index contributed by atoms with van der Waals surface area (Å²) in [6, 6.07) is 6.58. The summed E-state index contributed by atoms with van der Waals surface area (Å²) in [7, 11) is -2.54. The van der Waals surface area contributed by atoms with E-state index in [1.54, 1.807) is 0 Å². The molecule has 1 aliphatic heterocycles. The minimum absolute atomic E-state index is 0.0118. The van der Waals surface area contributed by atoms with Gasteiger partial charge in [0, 0.05) is 24.2 Å². The molecule has 1 saturated heterocycles. The van der Waals surface area contributed by atoms with E-state index in [-0.39, 0.29) is 27.9 Å². The molecule has 9 heteroatoms. The summed E-state index contributed by atoms with van der Waals surface area (Å²) in [5.74, 6) is -2.30. The molecule has 1 heterocycles. The molecule has 1 atom stereocenters. The lowest BCUT2D eigenvalue weighted by molar-refractivity contribution is 0.102. The minimum atomic E-state index is -3.89. The Bertz CT molecular complexity index is 1030. The van der Waals surface area contributed by atoms with Gasteiger partial charge >= 0.3 is 0 Å². The Labute approximate surface area is 168 Å². The molecule has 29 heavy (non-hydrogen) atoms. The third kappa shape index (κ3) is 4.40. The maximum absolute atomic E-state index is 13.8. The van der Waals surface area contributed by atoms with Crippen molar-refractivity contribution in [3.05, 3.63) is 53.6 Å². The summed E-state index contributed by atoms with van der Waals surface area (Å²) < 4.78 is 59.9. The Kier molecular flexibility index (Phi) is 6.18. The molecule has 1 unspecified atom stereocenters. The second kappa shape index (κ2) is 8.46. The number of rotatable bonds is 5. The van der Waals surface area contributed by atoms with E-state index in [0.717, 1.165) is 31.4 Å².